The van der Waals surface area contributed by atoms with Crippen LogP contribution >= 0.6 is 11.8 Å². The average molecular weight is 295 g/mol. The molecule has 3 nitrogen and oxygen atoms in total. The van der Waals surface area contributed by atoms with Gasteiger partial charge in [-0.05, 0) is 49.3 Å². The minimum Gasteiger partial charge on any atom is -0.357 e. The van der Waals surface area contributed by atoms with Gasteiger partial charge >= 0.3 is 0 Å². The van der Waals surface area contributed by atoms with E-state index >= 15 is 0 Å². The fourth-order valence-corrected chi connectivity index (χ4v) is 2.64. The van der Waals surface area contributed by atoms with Gasteiger partial charge in [-0.2, -0.15) is 0 Å². The van der Waals surface area contributed by atoms with Crippen LogP contribution in [0.15, 0.2) is 28.1 Å². The van der Waals surface area contributed by atoms with Crippen LogP contribution in [0.1, 0.15) is 25.8 Å². The quantitative estimate of drug-likeness (QED) is 0.498. The van der Waals surface area contributed by atoms with E-state index in [0.717, 1.165) is 28.9 Å². The van der Waals surface area contributed by atoms with Crippen molar-refractivity contribution in [2.45, 2.75) is 37.8 Å². The maximum absolute atomic E-state index is 13.3. The number of nitrogens with one attached hydrogen (secondary N) is 2. The molecule has 1 aromatic carbocycles. The van der Waals surface area contributed by atoms with E-state index in [4.69, 9.17) is 0 Å². The van der Waals surface area contributed by atoms with E-state index < -0.39 is 0 Å². The second-order valence-electron chi connectivity index (χ2n) is 5.12. The third kappa shape index (κ3) is 4.13. The summed E-state index contributed by atoms with van der Waals surface area (Å²) in [6.07, 6.45) is 3.19. The summed E-state index contributed by atoms with van der Waals surface area (Å²) in [6.45, 7) is 5.58. The van der Waals surface area contributed by atoms with Gasteiger partial charge in [-0.25, -0.2) is 9.38 Å². The molecule has 2 N–H and O–H groups in total. The van der Waals surface area contributed by atoms with Crippen LogP contribution in [0.4, 0.5) is 4.39 Å². The Morgan fingerprint density at radius 1 is 1.50 bits per heavy atom. The lowest BCUT2D eigenvalue weighted by Crippen LogP contribution is -2.39. The van der Waals surface area contributed by atoms with Gasteiger partial charge in [0.2, 0.25) is 0 Å². The molecule has 0 aromatic heterocycles. The van der Waals surface area contributed by atoms with E-state index in [9.17, 15) is 4.39 Å². The number of aliphatic imine (C=N–C) groups is 1. The van der Waals surface area contributed by atoms with Crippen molar-refractivity contribution in [3.8, 4) is 0 Å². The smallest absolute Gasteiger partial charge is 0.191 e. The molecule has 2 rings (SSSR count). The number of halogens is 1. The molecule has 1 aromatic rings. The lowest BCUT2D eigenvalue weighted by atomic mass is 10.2. The molecule has 1 fully saturated rings. The SMILES string of the molecule is CCNC(=NCc1cc(F)ccc1SC)NC1CC1C. The van der Waals surface area contributed by atoms with Crippen LogP contribution in [-0.4, -0.2) is 24.8 Å². The molecule has 0 spiro atoms. The number of nitrogens with zero attached hydrogens (tertiary/aromatic N) is 1. The molecule has 0 bridgehead atoms. The Morgan fingerprint density at radius 3 is 2.85 bits per heavy atom. The Labute approximate surface area is 124 Å². The predicted octanol–water partition coefficient (Wildman–Crippen LogP) is 3.01. The zero-order valence-corrected chi connectivity index (χ0v) is 13.1. The number of hydrogen-bond acceptors (Lipinski definition) is 2. The van der Waals surface area contributed by atoms with Crippen molar-refractivity contribution in [3.05, 3.63) is 29.6 Å². The Balaban J connectivity index is 2.05. The van der Waals surface area contributed by atoms with Crippen molar-refractivity contribution in [3.63, 3.8) is 0 Å². The second-order valence-corrected chi connectivity index (χ2v) is 5.96. The van der Waals surface area contributed by atoms with Crippen LogP contribution in [0.25, 0.3) is 0 Å². The van der Waals surface area contributed by atoms with E-state index in [0.29, 0.717) is 12.6 Å². The van der Waals surface area contributed by atoms with Crippen molar-refractivity contribution in [1.29, 1.82) is 0 Å². The molecule has 0 aliphatic heterocycles. The highest BCUT2D eigenvalue weighted by Crippen LogP contribution is 2.28. The maximum Gasteiger partial charge on any atom is 0.191 e. The second kappa shape index (κ2) is 6.97. The molecular formula is C15H22FN3S. The Hall–Kier alpha value is -1.23. The van der Waals surface area contributed by atoms with Crippen molar-refractivity contribution in [2.75, 3.05) is 12.8 Å². The van der Waals surface area contributed by atoms with Gasteiger partial charge < -0.3 is 10.6 Å². The van der Waals surface area contributed by atoms with E-state index in [-0.39, 0.29) is 5.82 Å². The Bertz CT molecular complexity index is 490. The normalized spacial score (nSPS) is 21.7. The third-order valence-electron chi connectivity index (χ3n) is 3.43. The molecule has 5 heteroatoms. The van der Waals surface area contributed by atoms with Crippen LogP contribution in [0.2, 0.25) is 0 Å². The molecular weight excluding hydrogens is 273 g/mol. The topological polar surface area (TPSA) is 36.4 Å². The Kier molecular flexibility index (Phi) is 5.29. The van der Waals surface area contributed by atoms with E-state index in [1.807, 2.05) is 19.2 Å². The van der Waals surface area contributed by atoms with Crippen LogP contribution in [0.3, 0.4) is 0 Å². The van der Waals surface area contributed by atoms with Crippen LogP contribution in [0.5, 0.6) is 0 Å². The number of rotatable bonds is 5. The van der Waals surface area contributed by atoms with Crippen LogP contribution < -0.4 is 10.6 Å². The number of guanidine groups is 1. The van der Waals surface area contributed by atoms with Crippen molar-refractivity contribution in [2.24, 2.45) is 10.9 Å². The summed E-state index contributed by atoms with van der Waals surface area (Å²) in [5.74, 6) is 1.33. The fourth-order valence-electron chi connectivity index (χ4n) is 2.05. The largest absolute Gasteiger partial charge is 0.357 e. The van der Waals surface area contributed by atoms with Gasteiger partial charge in [0.1, 0.15) is 5.82 Å². The van der Waals surface area contributed by atoms with Gasteiger partial charge in [0.15, 0.2) is 5.96 Å². The highest BCUT2D eigenvalue weighted by molar-refractivity contribution is 7.98. The van der Waals surface area contributed by atoms with Gasteiger partial charge in [-0.1, -0.05) is 6.92 Å². The fraction of sp³-hybridized carbons (Fsp3) is 0.533. The molecule has 0 heterocycles. The van der Waals surface area contributed by atoms with Gasteiger partial charge in [-0.3, -0.25) is 0 Å². The molecule has 0 radical (unpaired) electrons. The predicted molar refractivity (Wildman–Crippen MR) is 83.7 cm³/mol. The molecule has 110 valence electrons. The minimum atomic E-state index is -0.207. The van der Waals surface area contributed by atoms with Crippen molar-refractivity contribution < 1.29 is 4.39 Å². The molecule has 1 aliphatic rings. The molecule has 0 saturated heterocycles. The average Bonchev–Trinajstić information content (AvgIpc) is 3.12. The number of thioether (sulfide) groups is 1. The standard InChI is InChI=1S/C15H22FN3S/c1-4-17-15(19-13-7-10(13)2)18-9-11-8-12(16)5-6-14(11)20-3/h5-6,8,10,13H,4,7,9H2,1-3H3,(H2,17,18,19). The lowest BCUT2D eigenvalue weighted by molar-refractivity contribution is 0.623. The summed E-state index contributed by atoms with van der Waals surface area (Å²) in [5, 5.41) is 6.64. The first-order valence-electron chi connectivity index (χ1n) is 7.01. The monoisotopic (exact) mass is 295 g/mol. The summed E-state index contributed by atoms with van der Waals surface area (Å²) in [6, 6.07) is 5.40. The summed E-state index contributed by atoms with van der Waals surface area (Å²) in [7, 11) is 0. The summed E-state index contributed by atoms with van der Waals surface area (Å²) < 4.78 is 13.3. The first-order valence-corrected chi connectivity index (χ1v) is 8.23. The van der Waals surface area contributed by atoms with Crippen molar-refractivity contribution in [1.82, 2.24) is 10.6 Å². The summed E-state index contributed by atoms with van der Waals surface area (Å²) in [5.41, 5.74) is 0.929. The zero-order chi connectivity index (χ0) is 14.5. The number of hydrogen-bond donors (Lipinski definition) is 2. The van der Waals surface area contributed by atoms with E-state index in [2.05, 4.69) is 22.5 Å². The highest BCUT2D eigenvalue weighted by Gasteiger charge is 2.33. The first kappa shape index (κ1) is 15.2. The minimum absolute atomic E-state index is 0.207. The van der Waals surface area contributed by atoms with Gasteiger partial charge in [-0.15, -0.1) is 11.8 Å². The van der Waals surface area contributed by atoms with E-state index in [1.165, 1.54) is 12.5 Å². The first-order chi connectivity index (χ1) is 9.63. The number of benzene rings is 1. The zero-order valence-electron chi connectivity index (χ0n) is 12.2. The molecule has 0 amide bonds. The molecule has 2 atom stereocenters. The molecule has 1 aliphatic carbocycles. The molecule has 1 saturated carbocycles. The van der Waals surface area contributed by atoms with Crippen molar-refractivity contribution >= 4 is 17.7 Å². The van der Waals surface area contributed by atoms with E-state index in [1.54, 1.807) is 17.8 Å². The van der Waals surface area contributed by atoms with Crippen LogP contribution in [0, 0.1) is 11.7 Å². The summed E-state index contributed by atoms with van der Waals surface area (Å²) in [4.78, 5) is 5.64. The Morgan fingerprint density at radius 2 is 2.25 bits per heavy atom. The molecule has 20 heavy (non-hydrogen) atoms. The molecule has 2 unspecified atom stereocenters. The summed E-state index contributed by atoms with van der Waals surface area (Å²) >= 11 is 1.62. The highest BCUT2D eigenvalue weighted by atomic mass is 32.2. The third-order valence-corrected chi connectivity index (χ3v) is 4.26. The van der Waals surface area contributed by atoms with Crippen LogP contribution in [-0.2, 0) is 6.54 Å². The van der Waals surface area contributed by atoms with Gasteiger partial charge in [0.25, 0.3) is 0 Å². The maximum atomic E-state index is 13.3. The van der Waals surface area contributed by atoms with Gasteiger partial charge in [0, 0.05) is 17.5 Å². The lowest BCUT2D eigenvalue weighted by Gasteiger charge is -2.11. The van der Waals surface area contributed by atoms with Gasteiger partial charge in [0.05, 0.1) is 6.54 Å².